The Labute approximate surface area is 149 Å². The van der Waals surface area contributed by atoms with Gasteiger partial charge in [-0.15, -0.1) is 11.3 Å². The van der Waals surface area contributed by atoms with Crippen molar-refractivity contribution in [3.63, 3.8) is 0 Å². The van der Waals surface area contributed by atoms with Crippen LogP contribution in [0.3, 0.4) is 0 Å². The van der Waals surface area contributed by atoms with Crippen LogP contribution in [0.5, 0.6) is 0 Å². The number of anilines is 2. The molecule has 0 radical (unpaired) electrons. The summed E-state index contributed by atoms with van der Waals surface area (Å²) >= 11 is 1.86. The molecule has 0 N–H and O–H groups in total. The maximum atomic E-state index is 5.44. The first-order chi connectivity index (χ1) is 12.2. The minimum absolute atomic E-state index is 0.924. The van der Waals surface area contributed by atoms with E-state index < -0.39 is 0 Å². The van der Waals surface area contributed by atoms with Gasteiger partial charge >= 0.3 is 0 Å². The smallest absolute Gasteiger partial charge is 0.133 e. The largest absolute Gasteiger partial charge is 0.464 e. The fourth-order valence-corrected chi connectivity index (χ4v) is 4.63. The van der Waals surface area contributed by atoms with Gasteiger partial charge in [0.15, 0.2) is 0 Å². The molecule has 2 aromatic heterocycles. The van der Waals surface area contributed by atoms with Crippen LogP contribution >= 0.6 is 11.3 Å². The van der Waals surface area contributed by atoms with Gasteiger partial charge in [0, 0.05) is 44.0 Å². The highest BCUT2D eigenvalue weighted by Gasteiger charge is 2.10. The van der Waals surface area contributed by atoms with E-state index in [1.54, 1.807) is 6.26 Å². The van der Waals surface area contributed by atoms with Gasteiger partial charge in [0.2, 0.25) is 0 Å². The fourth-order valence-electron chi connectivity index (χ4n) is 3.39. The van der Waals surface area contributed by atoms with Crippen LogP contribution in [0.4, 0.5) is 11.4 Å². The molecule has 0 fully saturated rings. The van der Waals surface area contributed by atoms with Gasteiger partial charge in [-0.05, 0) is 55.0 Å². The molecule has 5 rings (SSSR count). The van der Waals surface area contributed by atoms with Crippen LogP contribution in [-0.4, -0.2) is 7.05 Å². The van der Waals surface area contributed by atoms with Crippen LogP contribution in [0.15, 0.2) is 71.3 Å². The zero-order valence-corrected chi connectivity index (χ0v) is 14.9. The van der Waals surface area contributed by atoms with Crippen molar-refractivity contribution in [3.05, 3.63) is 72.5 Å². The molecule has 122 valence electrons. The molecule has 3 aromatic carbocycles. The summed E-state index contributed by atoms with van der Waals surface area (Å²) in [6, 6.07) is 21.7. The lowest BCUT2D eigenvalue weighted by Gasteiger charge is -2.19. The molecule has 2 heterocycles. The predicted molar refractivity (Wildman–Crippen MR) is 108 cm³/mol. The molecule has 5 aromatic rings. The number of benzene rings is 3. The van der Waals surface area contributed by atoms with Gasteiger partial charge in [-0.3, -0.25) is 0 Å². The molecule has 0 spiro atoms. The standard InChI is InChI=1S/C22H17NOS/c1-14-3-6-18-19-7-4-17(13-22(19)25-21(18)11-14)23(2)16-5-8-20-15(12-16)9-10-24-20/h3-13H,1-2H3. The van der Waals surface area contributed by atoms with E-state index in [4.69, 9.17) is 4.42 Å². The van der Waals surface area contributed by atoms with Crippen LogP contribution in [-0.2, 0) is 0 Å². The molecule has 3 heteroatoms. The number of furan rings is 1. The van der Waals surface area contributed by atoms with Gasteiger partial charge in [-0.1, -0.05) is 18.2 Å². The molecule has 0 aliphatic heterocycles. The maximum absolute atomic E-state index is 5.44. The van der Waals surface area contributed by atoms with Gasteiger partial charge in [-0.2, -0.15) is 0 Å². The normalized spacial score (nSPS) is 11.6. The first-order valence-corrected chi connectivity index (χ1v) is 9.15. The van der Waals surface area contributed by atoms with Crippen molar-refractivity contribution in [3.8, 4) is 0 Å². The van der Waals surface area contributed by atoms with E-state index in [0.717, 1.165) is 16.7 Å². The lowest BCUT2D eigenvalue weighted by atomic mass is 10.1. The molecule has 0 bridgehead atoms. The molecule has 0 saturated carbocycles. The third kappa shape index (κ3) is 2.31. The third-order valence-corrected chi connectivity index (χ3v) is 5.94. The zero-order chi connectivity index (χ0) is 17.0. The molecule has 2 nitrogen and oxygen atoms in total. The van der Waals surface area contributed by atoms with Crippen molar-refractivity contribution >= 4 is 53.9 Å². The summed E-state index contributed by atoms with van der Waals surface area (Å²) in [6.45, 7) is 2.15. The molecular formula is C22H17NOS. The Morgan fingerprint density at radius 2 is 1.52 bits per heavy atom. The van der Waals surface area contributed by atoms with Crippen LogP contribution < -0.4 is 4.90 Å². The minimum atomic E-state index is 0.924. The summed E-state index contributed by atoms with van der Waals surface area (Å²) in [5, 5.41) is 3.81. The number of nitrogens with zero attached hydrogens (tertiary/aromatic N) is 1. The Morgan fingerprint density at radius 1 is 0.800 bits per heavy atom. The highest BCUT2D eigenvalue weighted by atomic mass is 32.1. The number of thiophene rings is 1. The lowest BCUT2D eigenvalue weighted by Crippen LogP contribution is -2.08. The molecular weight excluding hydrogens is 326 g/mol. The van der Waals surface area contributed by atoms with Gasteiger partial charge in [0.05, 0.1) is 6.26 Å². The fraction of sp³-hybridized carbons (Fsp3) is 0.0909. The maximum Gasteiger partial charge on any atom is 0.133 e. The summed E-state index contributed by atoms with van der Waals surface area (Å²) in [5.41, 5.74) is 4.58. The first kappa shape index (κ1) is 14.6. The topological polar surface area (TPSA) is 16.4 Å². The van der Waals surface area contributed by atoms with E-state index in [1.807, 2.05) is 23.5 Å². The second kappa shape index (κ2) is 5.36. The molecule has 0 aliphatic rings. The van der Waals surface area contributed by atoms with Crippen LogP contribution in [0, 0.1) is 6.92 Å². The van der Waals surface area contributed by atoms with Gasteiger partial charge < -0.3 is 9.32 Å². The summed E-state index contributed by atoms with van der Waals surface area (Å²) in [6.07, 6.45) is 1.74. The van der Waals surface area contributed by atoms with Crippen molar-refractivity contribution in [1.82, 2.24) is 0 Å². The van der Waals surface area contributed by atoms with Crippen molar-refractivity contribution in [2.24, 2.45) is 0 Å². The monoisotopic (exact) mass is 343 g/mol. The van der Waals surface area contributed by atoms with E-state index in [1.165, 1.54) is 31.4 Å². The first-order valence-electron chi connectivity index (χ1n) is 8.33. The second-order valence-corrected chi connectivity index (χ2v) is 7.57. The van der Waals surface area contributed by atoms with Crippen molar-refractivity contribution in [2.75, 3.05) is 11.9 Å². The average molecular weight is 343 g/mol. The van der Waals surface area contributed by atoms with Crippen molar-refractivity contribution < 1.29 is 4.42 Å². The van der Waals surface area contributed by atoms with Gasteiger partial charge in [-0.25, -0.2) is 0 Å². The second-order valence-electron chi connectivity index (χ2n) is 6.48. The Kier molecular flexibility index (Phi) is 3.12. The Bertz CT molecular complexity index is 1230. The van der Waals surface area contributed by atoms with Crippen molar-refractivity contribution in [2.45, 2.75) is 6.92 Å². The Hall–Kier alpha value is -2.78. The third-order valence-electron chi connectivity index (χ3n) is 4.82. The number of fused-ring (bicyclic) bond motifs is 4. The highest BCUT2D eigenvalue weighted by Crippen LogP contribution is 2.37. The quantitative estimate of drug-likeness (QED) is 0.347. The zero-order valence-electron chi connectivity index (χ0n) is 14.1. The van der Waals surface area contributed by atoms with E-state index in [9.17, 15) is 0 Å². The molecule has 0 aliphatic carbocycles. The summed E-state index contributed by atoms with van der Waals surface area (Å²) in [7, 11) is 2.11. The summed E-state index contributed by atoms with van der Waals surface area (Å²) in [4.78, 5) is 2.22. The number of hydrogen-bond donors (Lipinski definition) is 0. The summed E-state index contributed by atoms with van der Waals surface area (Å²) in [5.74, 6) is 0. The minimum Gasteiger partial charge on any atom is -0.464 e. The molecule has 25 heavy (non-hydrogen) atoms. The van der Waals surface area contributed by atoms with Crippen molar-refractivity contribution in [1.29, 1.82) is 0 Å². The molecule has 0 atom stereocenters. The molecule has 0 unspecified atom stereocenters. The average Bonchev–Trinajstić information content (AvgIpc) is 3.23. The number of rotatable bonds is 2. The van der Waals surface area contributed by atoms with Gasteiger partial charge in [0.1, 0.15) is 5.58 Å². The Morgan fingerprint density at radius 3 is 2.40 bits per heavy atom. The highest BCUT2D eigenvalue weighted by molar-refractivity contribution is 7.25. The van der Waals surface area contributed by atoms with Crippen LogP contribution in [0.1, 0.15) is 5.56 Å². The number of aryl methyl sites for hydroxylation is 1. The van der Waals surface area contributed by atoms with E-state index >= 15 is 0 Å². The van der Waals surface area contributed by atoms with Crippen LogP contribution in [0.2, 0.25) is 0 Å². The van der Waals surface area contributed by atoms with Crippen LogP contribution in [0.25, 0.3) is 31.1 Å². The molecule has 0 saturated heterocycles. The molecule has 0 amide bonds. The Balaban J connectivity index is 1.62. The summed E-state index contributed by atoms with van der Waals surface area (Å²) < 4.78 is 8.13. The van der Waals surface area contributed by atoms with E-state index in [0.29, 0.717) is 0 Å². The predicted octanol–water partition coefficient (Wildman–Crippen LogP) is 6.88. The SMILES string of the molecule is Cc1ccc2c(c1)sc1cc(N(C)c3ccc4occc4c3)ccc12. The van der Waals surface area contributed by atoms with E-state index in [-0.39, 0.29) is 0 Å². The lowest BCUT2D eigenvalue weighted by molar-refractivity contribution is 0.616. The number of hydrogen-bond acceptors (Lipinski definition) is 3. The van der Waals surface area contributed by atoms with E-state index in [2.05, 4.69) is 67.4 Å². The van der Waals surface area contributed by atoms with Gasteiger partial charge in [0.25, 0.3) is 0 Å².